The van der Waals surface area contributed by atoms with Crippen LogP contribution in [0.4, 0.5) is 5.88 Å². The summed E-state index contributed by atoms with van der Waals surface area (Å²) in [7, 11) is 0. The third-order valence-corrected chi connectivity index (χ3v) is 2.00. The van der Waals surface area contributed by atoms with E-state index in [0.717, 1.165) is 6.54 Å². The van der Waals surface area contributed by atoms with Crippen LogP contribution in [-0.2, 0) is 0 Å². The Morgan fingerprint density at radius 2 is 2.20 bits per heavy atom. The number of rotatable bonds is 5. The number of aldehydes is 1. The van der Waals surface area contributed by atoms with Gasteiger partial charge in [-0.3, -0.25) is 4.79 Å². The van der Waals surface area contributed by atoms with Crippen LogP contribution in [0.15, 0.2) is 16.5 Å². The third kappa shape index (κ3) is 3.40. The van der Waals surface area contributed by atoms with Gasteiger partial charge in [-0.05, 0) is 26.8 Å². The van der Waals surface area contributed by atoms with Crippen LogP contribution in [0.2, 0.25) is 0 Å². The van der Waals surface area contributed by atoms with Crippen molar-refractivity contribution in [1.82, 2.24) is 0 Å². The average molecular weight is 211 g/mol. The number of furan rings is 1. The van der Waals surface area contributed by atoms with Crippen LogP contribution in [0.1, 0.15) is 31.3 Å². The topological polar surface area (TPSA) is 53.7 Å². The highest BCUT2D eigenvalue weighted by Crippen LogP contribution is 2.19. The zero-order chi connectivity index (χ0) is 11.5. The minimum atomic E-state index is -0.788. The molecule has 1 aromatic rings. The Morgan fingerprint density at radius 3 is 2.60 bits per heavy atom. The maximum atomic E-state index is 10.5. The summed E-state index contributed by atoms with van der Waals surface area (Å²) >= 11 is 0. The van der Waals surface area contributed by atoms with Crippen molar-refractivity contribution in [3.63, 3.8) is 0 Å². The molecule has 1 heterocycles. The predicted octanol–water partition coefficient (Wildman–Crippen LogP) is 1.69. The van der Waals surface area contributed by atoms with E-state index in [1.54, 1.807) is 26.0 Å². The third-order valence-electron chi connectivity index (χ3n) is 2.00. The van der Waals surface area contributed by atoms with Gasteiger partial charge in [0, 0.05) is 19.2 Å². The van der Waals surface area contributed by atoms with Crippen LogP contribution in [0, 0.1) is 0 Å². The Kier molecular flexibility index (Phi) is 3.52. The minimum Gasteiger partial charge on any atom is -0.438 e. The lowest BCUT2D eigenvalue weighted by Crippen LogP contribution is -2.38. The van der Waals surface area contributed by atoms with Crippen molar-refractivity contribution in [1.29, 1.82) is 0 Å². The van der Waals surface area contributed by atoms with Crippen molar-refractivity contribution in [2.24, 2.45) is 0 Å². The molecule has 0 aromatic carbocycles. The molecular formula is C11H17NO3. The Bertz CT molecular complexity index is 325. The van der Waals surface area contributed by atoms with Gasteiger partial charge in [0.05, 0.1) is 5.60 Å². The number of nitrogens with zero attached hydrogens (tertiary/aromatic N) is 1. The summed E-state index contributed by atoms with van der Waals surface area (Å²) in [6.45, 7) is 6.62. The second-order valence-electron chi connectivity index (χ2n) is 4.12. The maximum Gasteiger partial charge on any atom is 0.196 e. The molecule has 0 spiro atoms. The first-order chi connectivity index (χ1) is 6.96. The molecule has 0 amide bonds. The van der Waals surface area contributed by atoms with E-state index in [4.69, 9.17) is 4.42 Å². The van der Waals surface area contributed by atoms with Gasteiger partial charge in [-0.2, -0.15) is 0 Å². The fourth-order valence-corrected chi connectivity index (χ4v) is 1.39. The van der Waals surface area contributed by atoms with Crippen molar-refractivity contribution < 1.29 is 14.3 Å². The lowest BCUT2D eigenvalue weighted by molar-refractivity contribution is 0.0866. The normalized spacial score (nSPS) is 11.5. The number of carbonyl (C=O) groups excluding carboxylic acids is 1. The Morgan fingerprint density at radius 1 is 1.53 bits per heavy atom. The molecule has 0 radical (unpaired) electrons. The molecule has 1 aromatic heterocycles. The largest absolute Gasteiger partial charge is 0.438 e. The van der Waals surface area contributed by atoms with Crippen LogP contribution in [0.5, 0.6) is 0 Å². The monoisotopic (exact) mass is 211 g/mol. The highest BCUT2D eigenvalue weighted by molar-refractivity contribution is 5.71. The molecule has 0 aliphatic carbocycles. The number of aliphatic hydroxyl groups is 1. The first-order valence-corrected chi connectivity index (χ1v) is 4.98. The molecule has 0 fully saturated rings. The zero-order valence-corrected chi connectivity index (χ0v) is 9.36. The smallest absolute Gasteiger partial charge is 0.196 e. The molecule has 0 aliphatic rings. The number of hydrogen-bond donors (Lipinski definition) is 1. The summed E-state index contributed by atoms with van der Waals surface area (Å²) in [5, 5.41) is 9.69. The van der Waals surface area contributed by atoms with Crippen molar-refractivity contribution >= 4 is 12.2 Å². The van der Waals surface area contributed by atoms with Gasteiger partial charge in [0.1, 0.15) is 0 Å². The second-order valence-corrected chi connectivity index (χ2v) is 4.12. The number of likely N-dealkylation sites (N-methyl/N-ethyl adjacent to an activating group) is 1. The van der Waals surface area contributed by atoms with Crippen LogP contribution < -0.4 is 4.90 Å². The Balaban J connectivity index is 2.78. The quantitative estimate of drug-likeness (QED) is 0.753. The molecule has 4 nitrogen and oxygen atoms in total. The molecule has 15 heavy (non-hydrogen) atoms. The van der Waals surface area contributed by atoms with Gasteiger partial charge in [-0.25, -0.2) is 0 Å². The fourth-order valence-electron chi connectivity index (χ4n) is 1.39. The molecular weight excluding hydrogens is 194 g/mol. The number of hydrogen-bond acceptors (Lipinski definition) is 4. The fraction of sp³-hybridized carbons (Fsp3) is 0.545. The summed E-state index contributed by atoms with van der Waals surface area (Å²) < 4.78 is 5.28. The van der Waals surface area contributed by atoms with Crippen LogP contribution in [0.3, 0.4) is 0 Å². The molecule has 0 unspecified atom stereocenters. The van der Waals surface area contributed by atoms with E-state index in [1.165, 1.54) is 0 Å². The van der Waals surface area contributed by atoms with E-state index in [9.17, 15) is 9.90 Å². The van der Waals surface area contributed by atoms with Crippen molar-refractivity contribution in [3.05, 3.63) is 17.9 Å². The molecule has 0 saturated heterocycles. The van der Waals surface area contributed by atoms with Crippen molar-refractivity contribution in [2.45, 2.75) is 26.4 Å². The first-order valence-electron chi connectivity index (χ1n) is 4.98. The SMILES string of the molecule is CCN(CC(C)(C)O)c1ccc(C=O)o1. The second kappa shape index (κ2) is 4.49. The summed E-state index contributed by atoms with van der Waals surface area (Å²) in [4.78, 5) is 12.3. The molecule has 0 aliphatic heterocycles. The van der Waals surface area contributed by atoms with E-state index in [1.807, 2.05) is 11.8 Å². The maximum absolute atomic E-state index is 10.5. The lowest BCUT2D eigenvalue weighted by Gasteiger charge is -2.27. The van der Waals surface area contributed by atoms with Gasteiger partial charge in [0.25, 0.3) is 0 Å². The molecule has 1 rings (SSSR count). The van der Waals surface area contributed by atoms with E-state index >= 15 is 0 Å². The zero-order valence-electron chi connectivity index (χ0n) is 9.36. The molecule has 0 bridgehead atoms. The van der Waals surface area contributed by atoms with Crippen molar-refractivity contribution in [3.8, 4) is 0 Å². The highest BCUT2D eigenvalue weighted by Gasteiger charge is 2.19. The standard InChI is InChI=1S/C11H17NO3/c1-4-12(8-11(2,3)14)10-6-5-9(7-13)15-10/h5-7,14H,4,8H2,1-3H3. The summed E-state index contributed by atoms with van der Waals surface area (Å²) in [5.74, 6) is 0.918. The Labute approximate surface area is 89.5 Å². The Hall–Kier alpha value is -1.29. The highest BCUT2D eigenvalue weighted by atomic mass is 16.4. The van der Waals surface area contributed by atoms with Gasteiger partial charge < -0.3 is 14.4 Å². The van der Waals surface area contributed by atoms with E-state index in [-0.39, 0.29) is 0 Å². The van der Waals surface area contributed by atoms with Gasteiger partial charge in [-0.1, -0.05) is 0 Å². The van der Waals surface area contributed by atoms with E-state index < -0.39 is 5.60 Å². The van der Waals surface area contributed by atoms with Crippen LogP contribution in [0.25, 0.3) is 0 Å². The van der Waals surface area contributed by atoms with Crippen LogP contribution >= 0.6 is 0 Å². The molecule has 0 atom stereocenters. The van der Waals surface area contributed by atoms with Gasteiger partial charge in [0.15, 0.2) is 17.9 Å². The summed E-state index contributed by atoms with van der Waals surface area (Å²) in [5.41, 5.74) is -0.788. The molecule has 1 N–H and O–H groups in total. The van der Waals surface area contributed by atoms with Gasteiger partial charge in [-0.15, -0.1) is 0 Å². The van der Waals surface area contributed by atoms with E-state index in [0.29, 0.717) is 24.5 Å². The predicted molar refractivity (Wildman–Crippen MR) is 58.3 cm³/mol. The minimum absolute atomic E-state index is 0.305. The van der Waals surface area contributed by atoms with Gasteiger partial charge >= 0.3 is 0 Å². The van der Waals surface area contributed by atoms with E-state index in [2.05, 4.69) is 0 Å². The molecule has 0 saturated carbocycles. The summed E-state index contributed by atoms with van der Waals surface area (Å²) in [6.07, 6.45) is 0.668. The van der Waals surface area contributed by atoms with Crippen molar-refractivity contribution in [2.75, 3.05) is 18.0 Å². The molecule has 84 valence electrons. The number of carbonyl (C=O) groups is 1. The lowest BCUT2D eigenvalue weighted by atomic mass is 10.1. The van der Waals surface area contributed by atoms with Gasteiger partial charge in [0.2, 0.25) is 0 Å². The molecule has 4 heteroatoms. The summed E-state index contributed by atoms with van der Waals surface area (Å²) in [6, 6.07) is 3.36. The average Bonchev–Trinajstić information content (AvgIpc) is 2.60. The number of anilines is 1. The van der Waals surface area contributed by atoms with Crippen LogP contribution in [-0.4, -0.2) is 30.1 Å². The first kappa shape index (κ1) is 11.8.